The molecule has 2 aromatic carbocycles. The molecule has 0 bridgehead atoms. The molecule has 3 rings (SSSR count). The van der Waals surface area contributed by atoms with E-state index in [-0.39, 0.29) is 24.8 Å². The monoisotopic (exact) mass is 562 g/mol. The van der Waals surface area contributed by atoms with Crippen LogP contribution in [0, 0.1) is 0 Å². The van der Waals surface area contributed by atoms with Crippen LogP contribution >= 0.6 is 0 Å². The van der Waals surface area contributed by atoms with Crippen LogP contribution in [0.15, 0.2) is 48.5 Å². The molecule has 0 spiro atoms. The van der Waals surface area contributed by atoms with E-state index in [1.54, 1.807) is 24.3 Å². The van der Waals surface area contributed by atoms with Crippen LogP contribution in [0.25, 0.3) is 11.1 Å². The van der Waals surface area contributed by atoms with Crippen molar-refractivity contribution in [3.05, 3.63) is 59.7 Å². The van der Waals surface area contributed by atoms with Crippen molar-refractivity contribution >= 4 is 11.9 Å². The van der Waals surface area contributed by atoms with Crippen molar-refractivity contribution in [2.45, 2.75) is 116 Å². The van der Waals surface area contributed by atoms with Gasteiger partial charge in [0.15, 0.2) is 6.10 Å². The molecule has 3 atom stereocenters. The van der Waals surface area contributed by atoms with Crippen LogP contribution in [0.5, 0.6) is 0 Å². The van der Waals surface area contributed by atoms with Gasteiger partial charge in [0.2, 0.25) is 6.29 Å². The van der Waals surface area contributed by atoms with Crippen molar-refractivity contribution in [2.75, 3.05) is 0 Å². The van der Waals surface area contributed by atoms with Crippen molar-refractivity contribution in [3.8, 4) is 11.1 Å². The third-order valence-corrected chi connectivity index (χ3v) is 7.13. The van der Waals surface area contributed by atoms with Crippen LogP contribution in [0.2, 0.25) is 0 Å². The summed E-state index contributed by atoms with van der Waals surface area (Å²) in [6.07, 6.45) is -0.545. The molecule has 1 saturated heterocycles. The number of esters is 2. The molecule has 40 heavy (non-hydrogen) atoms. The van der Waals surface area contributed by atoms with Crippen LogP contribution in [0.3, 0.4) is 0 Å². The summed E-state index contributed by atoms with van der Waals surface area (Å²) in [5.74, 6) is -1.45. The molecule has 8 heteroatoms. The summed E-state index contributed by atoms with van der Waals surface area (Å²) >= 11 is 0. The lowest BCUT2D eigenvalue weighted by molar-refractivity contribution is -0.304. The number of aryl methyl sites for hydroxylation is 1. The molecule has 5 nitrogen and oxygen atoms in total. The van der Waals surface area contributed by atoms with Gasteiger partial charge in [-0.3, -0.25) is 4.79 Å². The van der Waals surface area contributed by atoms with Gasteiger partial charge in [-0.1, -0.05) is 88.8 Å². The van der Waals surface area contributed by atoms with Gasteiger partial charge in [-0.25, -0.2) is 4.79 Å². The zero-order valence-electron chi connectivity index (χ0n) is 23.5. The Balaban J connectivity index is 1.53. The fraction of sp³-hybridized carbons (Fsp3) is 0.562. The Morgan fingerprint density at radius 2 is 1.40 bits per heavy atom. The third kappa shape index (κ3) is 9.95. The van der Waals surface area contributed by atoms with E-state index in [2.05, 4.69) is 31.2 Å². The van der Waals surface area contributed by atoms with E-state index in [1.165, 1.54) is 37.7 Å². The van der Waals surface area contributed by atoms with Crippen LogP contribution < -0.4 is 0 Å². The number of carbonyl (C=O) groups is 2. The second kappa shape index (κ2) is 15.8. The minimum atomic E-state index is -4.77. The molecule has 0 N–H and O–H groups in total. The zero-order valence-corrected chi connectivity index (χ0v) is 23.5. The second-order valence-electron chi connectivity index (χ2n) is 10.4. The van der Waals surface area contributed by atoms with Crippen molar-refractivity contribution in [1.29, 1.82) is 0 Å². The standard InChI is InChI=1S/C32H41F3O5/c1-3-5-7-8-10-11-23-13-15-24(16-14-23)25-17-19-26(20-18-25)31(37)40-29-22-21-27(30(39-29)32(33,34)35)38-28(36)12-9-6-4-2/h13-20,27,29-30H,3-12,21-22H2,1-2H3. The molecule has 0 saturated carbocycles. The molecular formula is C32H41F3O5. The molecule has 1 heterocycles. The maximum absolute atomic E-state index is 13.7. The predicted molar refractivity (Wildman–Crippen MR) is 148 cm³/mol. The molecule has 0 radical (unpaired) electrons. The molecule has 0 amide bonds. The van der Waals surface area contributed by atoms with Crippen molar-refractivity contribution < 1.29 is 37.0 Å². The second-order valence-corrected chi connectivity index (χ2v) is 10.4. The first-order chi connectivity index (χ1) is 19.2. The maximum Gasteiger partial charge on any atom is 0.418 e. The van der Waals surface area contributed by atoms with E-state index in [4.69, 9.17) is 14.2 Å². The van der Waals surface area contributed by atoms with Gasteiger partial charge in [-0.15, -0.1) is 0 Å². The van der Waals surface area contributed by atoms with Gasteiger partial charge in [0.05, 0.1) is 5.56 Å². The Hall–Kier alpha value is -2.87. The van der Waals surface area contributed by atoms with Gasteiger partial charge in [0.25, 0.3) is 0 Å². The highest BCUT2D eigenvalue weighted by atomic mass is 19.4. The molecule has 220 valence electrons. The van der Waals surface area contributed by atoms with E-state index >= 15 is 0 Å². The predicted octanol–water partition coefficient (Wildman–Crippen LogP) is 8.58. The summed E-state index contributed by atoms with van der Waals surface area (Å²) in [7, 11) is 0. The Morgan fingerprint density at radius 3 is 2.02 bits per heavy atom. The van der Waals surface area contributed by atoms with Gasteiger partial charge < -0.3 is 14.2 Å². The molecular weight excluding hydrogens is 521 g/mol. The largest absolute Gasteiger partial charge is 0.459 e. The quantitative estimate of drug-likeness (QED) is 0.170. The minimum Gasteiger partial charge on any atom is -0.459 e. The number of halogens is 3. The SMILES string of the molecule is CCCCCCCc1ccc(-c2ccc(C(=O)OC3CCC(OC(=O)CCCCC)C(C(F)(F)F)O3)cc2)cc1. The van der Waals surface area contributed by atoms with Gasteiger partial charge in [0.1, 0.15) is 6.10 Å². The smallest absolute Gasteiger partial charge is 0.418 e. The van der Waals surface area contributed by atoms with E-state index in [1.807, 2.05) is 6.92 Å². The molecule has 0 aromatic heterocycles. The Morgan fingerprint density at radius 1 is 0.800 bits per heavy atom. The van der Waals surface area contributed by atoms with Gasteiger partial charge >= 0.3 is 18.1 Å². The van der Waals surface area contributed by atoms with Gasteiger partial charge in [-0.2, -0.15) is 13.2 Å². The lowest BCUT2D eigenvalue weighted by Crippen LogP contribution is -2.50. The Bertz CT molecular complexity index is 1050. The lowest BCUT2D eigenvalue weighted by atomic mass is 10.00. The van der Waals surface area contributed by atoms with E-state index < -0.39 is 36.6 Å². The highest BCUT2D eigenvalue weighted by Crippen LogP contribution is 2.35. The molecule has 2 aromatic rings. The number of benzene rings is 2. The normalized spacial score (nSPS) is 19.3. The number of hydrogen-bond acceptors (Lipinski definition) is 5. The molecule has 3 unspecified atom stereocenters. The summed E-state index contributed by atoms with van der Waals surface area (Å²) in [5.41, 5.74) is 3.43. The maximum atomic E-state index is 13.7. The fourth-order valence-corrected chi connectivity index (χ4v) is 4.80. The highest BCUT2D eigenvalue weighted by molar-refractivity contribution is 5.90. The number of unbranched alkanes of at least 4 members (excludes halogenated alkanes) is 6. The van der Waals surface area contributed by atoms with Crippen LogP contribution in [-0.4, -0.2) is 36.6 Å². The van der Waals surface area contributed by atoms with Gasteiger partial charge in [-0.05, 0) is 54.5 Å². The first kappa shape index (κ1) is 31.7. The first-order valence-corrected chi connectivity index (χ1v) is 14.5. The summed E-state index contributed by atoms with van der Waals surface area (Å²) in [5, 5.41) is 0. The zero-order chi connectivity index (χ0) is 29.0. The van der Waals surface area contributed by atoms with Crippen molar-refractivity contribution in [3.63, 3.8) is 0 Å². The molecule has 1 aliphatic rings. The van der Waals surface area contributed by atoms with Crippen molar-refractivity contribution in [2.24, 2.45) is 0 Å². The summed E-state index contributed by atoms with van der Waals surface area (Å²) < 4.78 is 56.4. The summed E-state index contributed by atoms with van der Waals surface area (Å²) in [6, 6.07) is 15.1. The molecule has 1 aliphatic heterocycles. The number of carbonyl (C=O) groups excluding carboxylic acids is 2. The van der Waals surface area contributed by atoms with Crippen LogP contribution in [0.4, 0.5) is 13.2 Å². The Labute approximate surface area is 235 Å². The molecule has 1 fully saturated rings. The summed E-state index contributed by atoms with van der Waals surface area (Å²) in [4.78, 5) is 24.7. The number of alkyl halides is 3. The summed E-state index contributed by atoms with van der Waals surface area (Å²) in [6.45, 7) is 4.17. The fourth-order valence-electron chi connectivity index (χ4n) is 4.80. The van der Waals surface area contributed by atoms with E-state index in [0.717, 1.165) is 30.4 Å². The number of ether oxygens (including phenoxy) is 3. The molecule has 0 aliphatic carbocycles. The average molecular weight is 563 g/mol. The van der Waals surface area contributed by atoms with E-state index in [0.29, 0.717) is 6.42 Å². The van der Waals surface area contributed by atoms with Gasteiger partial charge in [0, 0.05) is 12.8 Å². The minimum absolute atomic E-state index is 0.00569. The third-order valence-electron chi connectivity index (χ3n) is 7.13. The van der Waals surface area contributed by atoms with Crippen LogP contribution in [-0.2, 0) is 25.4 Å². The topological polar surface area (TPSA) is 61.8 Å². The van der Waals surface area contributed by atoms with Crippen molar-refractivity contribution in [1.82, 2.24) is 0 Å². The Kier molecular flexibility index (Phi) is 12.5. The van der Waals surface area contributed by atoms with E-state index in [9.17, 15) is 22.8 Å². The number of hydrogen-bond donors (Lipinski definition) is 0. The van der Waals surface area contributed by atoms with Crippen LogP contribution in [0.1, 0.15) is 100 Å². The number of rotatable bonds is 14. The lowest BCUT2D eigenvalue weighted by Gasteiger charge is -2.36. The highest BCUT2D eigenvalue weighted by Gasteiger charge is 2.51. The first-order valence-electron chi connectivity index (χ1n) is 14.5. The average Bonchev–Trinajstić information content (AvgIpc) is 2.94.